The van der Waals surface area contributed by atoms with Crippen molar-refractivity contribution in [2.45, 2.75) is 44.2 Å². The molecular weight excluding hydrogens is 465 g/mol. The monoisotopic (exact) mass is 485 g/mol. The lowest BCUT2D eigenvalue weighted by Gasteiger charge is -2.24. The second-order valence-corrected chi connectivity index (χ2v) is 7.92. The molecule has 0 radical (unpaired) electrons. The smallest absolute Gasteiger partial charge is 0.410 e. The molecule has 1 aromatic rings. The molecule has 0 aliphatic carbocycles. The number of rotatable bonds is 3. The molecule has 1 amide bonds. The summed E-state index contributed by atoms with van der Waals surface area (Å²) in [7, 11) is 1.90. The number of aryl methyl sites for hydroxylation is 1. The molecule has 1 fully saturated rings. The molecule has 0 saturated carbocycles. The minimum absolute atomic E-state index is 0.0425. The zero-order valence-electron chi connectivity index (χ0n) is 13.2. The molecule has 0 N–H and O–H groups in total. The van der Waals surface area contributed by atoms with Gasteiger partial charge in [-0.2, -0.15) is 0 Å². The molecule has 0 spiro atoms. The molecule has 1 aliphatic heterocycles. The molecular formula is C14H21BrIN3O3. The summed E-state index contributed by atoms with van der Waals surface area (Å²) < 4.78 is 14.2. The molecule has 2 rings (SSSR count). The van der Waals surface area contributed by atoms with Gasteiger partial charge in [-0.05, 0) is 43.4 Å². The van der Waals surface area contributed by atoms with Crippen molar-refractivity contribution in [3.8, 4) is 5.88 Å². The summed E-state index contributed by atoms with van der Waals surface area (Å²) in [6.07, 6.45) is 0.463. The highest BCUT2D eigenvalue weighted by Crippen LogP contribution is 2.27. The highest BCUT2D eigenvalue weighted by molar-refractivity contribution is 14.1. The predicted molar refractivity (Wildman–Crippen MR) is 95.4 cm³/mol. The van der Waals surface area contributed by atoms with Crippen LogP contribution in [0.15, 0.2) is 0 Å². The van der Waals surface area contributed by atoms with Gasteiger partial charge in [-0.15, -0.1) is 5.10 Å². The van der Waals surface area contributed by atoms with Crippen molar-refractivity contribution >= 4 is 44.6 Å². The minimum atomic E-state index is -0.475. The van der Waals surface area contributed by atoms with E-state index in [1.54, 1.807) is 4.90 Å². The summed E-state index contributed by atoms with van der Waals surface area (Å²) in [5.74, 6) is 0.633. The summed E-state index contributed by atoms with van der Waals surface area (Å²) in [5, 5.41) is 5.13. The van der Waals surface area contributed by atoms with E-state index in [0.29, 0.717) is 19.0 Å². The fourth-order valence-electron chi connectivity index (χ4n) is 2.20. The van der Waals surface area contributed by atoms with Gasteiger partial charge in [0.2, 0.25) is 5.88 Å². The second kappa shape index (κ2) is 6.94. The molecule has 124 valence electrons. The lowest BCUT2D eigenvalue weighted by molar-refractivity contribution is 0.0274. The molecule has 0 bridgehead atoms. The number of halogens is 2. The first-order valence-corrected chi connectivity index (χ1v) is 9.33. The molecule has 6 nitrogen and oxygen atoms in total. The molecule has 1 atom stereocenters. The normalized spacial score (nSPS) is 18.6. The van der Waals surface area contributed by atoms with Crippen molar-refractivity contribution in [2.75, 3.05) is 13.1 Å². The summed E-state index contributed by atoms with van der Waals surface area (Å²) in [6.45, 7) is 6.78. The Bertz CT molecular complexity index is 556. The predicted octanol–water partition coefficient (Wildman–Crippen LogP) is 3.31. The van der Waals surface area contributed by atoms with Crippen LogP contribution < -0.4 is 4.74 Å². The first-order valence-electron chi connectivity index (χ1n) is 7.13. The Hall–Kier alpha value is -0.510. The number of amides is 1. The van der Waals surface area contributed by atoms with Crippen molar-refractivity contribution < 1.29 is 14.3 Å². The fraction of sp³-hybridized carbons (Fsp3) is 0.714. The number of aromatic nitrogens is 2. The Morgan fingerprint density at radius 2 is 2.18 bits per heavy atom. The zero-order chi connectivity index (χ0) is 16.5. The Morgan fingerprint density at radius 3 is 2.73 bits per heavy atom. The third-order valence-corrected chi connectivity index (χ3v) is 4.89. The number of ether oxygens (including phenoxy) is 2. The van der Waals surface area contributed by atoms with E-state index in [2.05, 4.69) is 43.6 Å². The largest absolute Gasteiger partial charge is 0.471 e. The Kier molecular flexibility index (Phi) is 5.63. The maximum absolute atomic E-state index is 12.1. The molecule has 1 aliphatic rings. The van der Waals surface area contributed by atoms with Gasteiger partial charge in [0.1, 0.15) is 11.7 Å². The van der Waals surface area contributed by atoms with Gasteiger partial charge in [-0.1, -0.05) is 15.9 Å². The summed E-state index contributed by atoms with van der Waals surface area (Å²) >= 11 is 5.69. The van der Waals surface area contributed by atoms with Crippen molar-refractivity contribution in [3.05, 3.63) is 9.26 Å². The number of likely N-dealkylation sites (tertiary alicyclic amines) is 1. The molecule has 1 aromatic heterocycles. The van der Waals surface area contributed by atoms with Crippen LogP contribution in [-0.2, 0) is 17.1 Å². The van der Waals surface area contributed by atoms with Crippen LogP contribution in [0.1, 0.15) is 32.9 Å². The van der Waals surface area contributed by atoms with Gasteiger partial charge in [0, 0.05) is 25.3 Å². The average molecular weight is 486 g/mol. The Labute approximate surface area is 152 Å². The van der Waals surface area contributed by atoms with E-state index in [-0.39, 0.29) is 12.2 Å². The van der Waals surface area contributed by atoms with Gasteiger partial charge in [0.05, 0.1) is 15.8 Å². The maximum Gasteiger partial charge on any atom is 0.410 e. The van der Waals surface area contributed by atoms with Gasteiger partial charge in [0.15, 0.2) is 0 Å². The fourth-order valence-corrected chi connectivity index (χ4v) is 4.14. The standard InChI is InChI=1S/C14H21BrIN3O3/c1-14(2,3)22-13(20)19-6-5-9(8-19)21-12-11(16)10(7-15)18(4)17-12/h9H,5-8H2,1-4H3/t9-/m0/s1. The first-order chi connectivity index (χ1) is 10.2. The number of hydrogen-bond donors (Lipinski definition) is 0. The number of alkyl halides is 1. The molecule has 22 heavy (non-hydrogen) atoms. The van der Waals surface area contributed by atoms with Crippen molar-refractivity contribution in [1.82, 2.24) is 14.7 Å². The van der Waals surface area contributed by atoms with Crippen LogP contribution in [0, 0.1) is 3.57 Å². The van der Waals surface area contributed by atoms with Crippen molar-refractivity contribution in [2.24, 2.45) is 7.05 Å². The van der Waals surface area contributed by atoms with Crippen LogP contribution in [0.2, 0.25) is 0 Å². The van der Waals surface area contributed by atoms with E-state index < -0.39 is 5.60 Å². The topological polar surface area (TPSA) is 56.6 Å². The van der Waals surface area contributed by atoms with Crippen LogP contribution in [0.4, 0.5) is 4.79 Å². The number of carbonyl (C=O) groups excluding carboxylic acids is 1. The first kappa shape index (κ1) is 17.8. The van der Waals surface area contributed by atoms with Gasteiger partial charge in [0.25, 0.3) is 0 Å². The SMILES string of the molecule is Cn1nc(O[C@H]2CCN(C(=O)OC(C)(C)C)C2)c(I)c1CBr. The van der Waals surface area contributed by atoms with Gasteiger partial charge in [-0.25, -0.2) is 4.79 Å². The summed E-state index contributed by atoms with van der Waals surface area (Å²) in [6, 6.07) is 0. The van der Waals surface area contributed by atoms with E-state index in [9.17, 15) is 4.79 Å². The second-order valence-electron chi connectivity index (χ2n) is 6.28. The van der Waals surface area contributed by atoms with Gasteiger partial charge in [-0.3, -0.25) is 4.68 Å². The van der Waals surface area contributed by atoms with Crippen molar-refractivity contribution in [1.29, 1.82) is 0 Å². The van der Waals surface area contributed by atoms with E-state index in [4.69, 9.17) is 9.47 Å². The van der Waals surface area contributed by atoms with Crippen LogP contribution in [0.25, 0.3) is 0 Å². The van der Waals surface area contributed by atoms with Gasteiger partial charge >= 0.3 is 6.09 Å². The van der Waals surface area contributed by atoms with Crippen LogP contribution in [0.5, 0.6) is 5.88 Å². The molecule has 0 aromatic carbocycles. The number of carbonyl (C=O) groups is 1. The molecule has 2 heterocycles. The van der Waals surface area contributed by atoms with Gasteiger partial charge < -0.3 is 14.4 Å². The lowest BCUT2D eigenvalue weighted by Crippen LogP contribution is -2.36. The van der Waals surface area contributed by atoms with Crippen molar-refractivity contribution in [3.63, 3.8) is 0 Å². The molecule has 8 heteroatoms. The Morgan fingerprint density at radius 1 is 1.50 bits per heavy atom. The highest BCUT2D eigenvalue weighted by Gasteiger charge is 2.32. The van der Waals surface area contributed by atoms with Crippen LogP contribution >= 0.6 is 38.5 Å². The third-order valence-electron chi connectivity index (χ3n) is 3.27. The molecule has 0 unspecified atom stereocenters. The molecule has 1 saturated heterocycles. The van der Waals surface area contributed by atoms with E-state index >= 15 is 0 Å². The van der Waals surface area contributed by atoms with Crippen LogP contribution in [-0.4, -0.2) is 45.6 Å². The quantitative estimate of drug-likeness (QED) is 0.487. The van der Waals surface area contributed by atoms with E-state index in [1.165, 1.54) is 0 Å². The Balaban J connectivity index is 1.96. The maximum atomic E-state index is 12.1. The number of hydrogen-bond acceptors (Lipinski definition) is 4. The average Bonchev–Trinajstić information content (AvgIpc) is 2.94. The summed E-state index contributed by atoms with van der Waals surface area (Å²) in [5.41, 5.74) is 0.606. The van der Waals surface area contributed by atoms with E-state index in [1.807, 2.05) is 32.5 Å². The minimum Gasteiger partial charge on any atom is -0.471 e. The zero-order valence-corrected chi connectivity index (χ0v) is 17.0. The van der Waals surface area contributed by atoms with E-state index in [0.717, 1.165) is 21.0 Å². The third kappa shape index (κ3) is 4.27. The number of nitrogens with zero attached hydrogens (tertiary/aromatic N) is 3. The lowest BCUT2D eigenvalue weighted by atomic mass is 10.2. The summed E-state index contributed by atoms with van der Waals surface area (Å²) in [4.78, 5) is 13.7. The van der Waals surface area contributed by atoms with Crippen LogP contribution in [0.3, 0.4) is 0 Å². The highest BCUT2D eigenvalue weighted by atomic mass is 127.